The number of hydrogen-bond donors (Lipinski definition) is 3. The first-order chi connectivity index (χ1) is 9.30. The summed E-state index contributed by atoms with van der Waals surface area (Å²) in [6.07, 6.45) is 2.43. The molecule has 0 heterocycles. The number of nitrogen functional groups attached to an aromatic ring is 1. The van der Waals surface area contributed by atoms with Crippen molar-refractivity contribution in [1.82, 2.24) is 4.72 Å². The number of rotatable bonds is 4. The van der Waals surface area contributed by atoms with E-state index in [4.69, 9.17) is 5.73 Å². The molecule has 0 atom stereocenters. The Morgan fingerprint density at radius 2 is 1.90 bits per heavy atom. The third kappa shape index (κ3) is 2.77. The highest BCUT2D eigenvalue weighted by Gasteiger charge is 2.38. The molecule has 1 aliphatic rings. The number of halogens is 2. The van der Waals surface area contributed by atoms with Crippen LogP contribution in [0.5, 0.6) is 0 Å². The fraction of sp³-hybridized carbons (Fsp3) is 0.500. The molecule has 4 N–H and O–H groups in total. The van der Waals surface area contributed by atoms with Crippen LogP contribution in [0, 0.1) is 11.6 Å². The Morgan fingerprint density at radius 1 is 1.30 bits per heavy atom. The van der Waals surface area contributed by atoms with Gasteiger partial charge in [0.1, 0.15) is 4.90 Å². The van der Waals surface area contributed by atoms with Crippen LogP contribution >= 0.6 is 0 Å². The number of hydrogen-bond acceptors (Lipinski definition) is 4. The smallest absolute Gasteiger partial charge is 0.244 e. The summed E-state index contributed by atoms with van der Waals surface area (Å²) in [7, 11) is -4.29. The molecule has 2 rings (SSSR count). The molecule has 112 valence electrons. The van der Waals surface area contributed by atoms with E-state index in [1.54, 1.807) is 0 Å². The van der Waals surface area contributed by atoms with E-state index in [1.807, 2.05) is 0 Å². The summed E-state index contributed by atoms with van der Waals surface area (Å²) in [5.74, 6) is -2.80. The molecule has 0 aliphatic heterocycles. The molecule has 0 bridgehead atoms. The maximum absolute atomic E-state index is 13.7. The lowest BCUT2D eigenvalue weighted by molar-refractivity contribution is 0.185. The van der Waals surface area contributed by atoms with Gasteiger partial charge in [-0.25, -0.2) is 21.9 Å². The third-order valence-electron chi connectivity index (χ3n) is 3.52. The van der Waals surface area contributed by atoms with Gasteiger partial charge in [0.15, 0.2) is 11.6 Å². The molecule has 0 amide bonds. The van der Waals surface area contributed by atoms with Gasteiger partial charge in [-0.2, -0.15) is 0 Å². The lowest BCUT2D eigenvalue weighted by atomic mass is 10.0. The molecule has 0 radical (unpaired) electrons. The van der Waals surface area contributed by atoms with E-state index in [0.29, 0.717) is 18.9 Å². The molecule has 0 saturated heterocycles. The van der Waals surface area contributed by atoms with Gasteiger partial charge in [0.25, 0.3) is 0 Å². The van der Waals surface area contributed by atoms with E-state index in [1.165, 1.54) is 0 Å². The zero-order valence-corrected chi connectivity index (χ0v) is 11.5. The fourth-order valence-electron chi connectivity index (χ4n) is 2.46. The van der Waals surface area contributed by atoms with E-state index >= 15 is 0 Å². The van der Waals surface area contributed by atoms with Crippen molar-refractivity contribution in [1.29, 1.82) is 0 Å². The zero-order chi connectivity index (χ0) is 15.0. The molecule has 1 fully saturated rings. The van der Waals surface area contributed by atoms with Crippen molar-refractivity contribution in [3.63, 3.8) is 0 Å². The molecule has 0 aromatic heterocycles. The van der Waals surface area contributed by atoms with Crippen LogP contribution in [-0.4, -0.2) is 25.7 Å². The second-order valence-electron chi connectivity index (χ2n) is 5.07. The molecule has 1 aromatic rings. The number of aliphatic hydroxyl groups is 1. The summed E-state index contributed by atoms with van der Waals surface area (Å²) in [6, 6.07) is 1.58. The monoisotopic (exact) mass is 306 g/mol. The highest BCUT2D eigenvalue weighted by molar-refractivity contribution is 7.89. The highest BCUT2D eigenvalue weighted by atomic mass is 32.2. The zero-order valence-electron chi connectivity index (χ0n) is 10.7. The van der Waals surface area contributed by atoms with Crippen molar-refractivity contribution in [2.75, 3.05) is 12.3 Å². The minimum atomic E-state index is -4.29. The van der Waals surface area contributed by atoms with Gasteiger partial charge in [-0.05, 0) is 25.0 Å². The van der Waals surface area contributed by atoms with Crippen LogP contribution in [-0.2, 0) is 10.0 Å². The standard InChI is InChI=1S/C12H16F2N2O3S/c13-9-5-8(15)6-10(11(9)14)20(18,19)16-12(7-17)3-1-2-4-12/h5-6,16-17H,1-4,7,15H2. The summed E-state index contributed by atoms with van der Waals surface area (Å²) < 4.78 is 53.6. The predicted molar refractivity (Wildman–Crippen MR) is 69.4 cm³/mol. The predicted octanol–water partition coefficient (Wildman–Crippen LogP) is 1.13. The van der Waals surface area contributed by atoms with Crippen LogP contribution in [0.1, 0.15) is 25.7 Å². The van der Waals surface area contributed by atoms with E-state index < -0.39 is 38.7 Å². The number of sulfonamides is 1. The molecule has 0 unspecified atom stereocenters. The van der Waals surface area contributed by atoms with E-state index in [0.717, 1.165) is 18.9 Å². The number of nitrogens with one attached hydrogen (secondary N) is 1. The van der Waals surface area contributed by atoms with Gasteiger partial charge in [-0.1, -0.05) is 12.8 Å². The third-order valence-corrected chi connectivity index (χ3v) is 5.10. The van der Waals surface area contributed by atoms with Crippen molar-refractivity contribution >= 4 is 15.7 Å². The first kappa shape index (κ1) is 15.1. The van der Waals surface area contributed by atoms with E-state index in [2.05, 4.69) is 4.72 Å². The highest BCUT2D eigenvalue weighted by Crippen LogP contribution is 2.31. The number of nitrogens with two attached hydrogens (primary N) is 1. The number of anilines is 1. The van der Waals surface area contributed by atoms with Crippen LogP contribution < -0.4 is 10.5 Å². The molecular formula is C12H16F2N2O3S. The molecular weight excluding hydrogens is 290 g/mol. The maximum atomic E-state index is 13.7. The molecule has 20 heavy (non-hydrogen) atoms. The van der Waals surface area contributed by atoms with Gasteiger partial charge >= 0.3 is 0 Å². The van der Waals surface area contributed by atoms with E-state index in [9.17, 15) is 22.3 Å². The Hall–Kier alpha value is -1.25. The van der Waals surface area contributed by atoms with Gasteiger partial charge in [-0.15, -0.1) is 0 Å². The number of aliphatic hydroxyl groups excluding tert-OH is 1. The van der Waals surface area contributed by atoms with E-state index in [-0.39, 0.29) is 5.69 Å². The lowest BCUT2D eigenvalue weighted by Crippen LogP contribution is -2.49. The van der Waals surface area contributed by atoms with Crippen molar-refractivity contribution < 1.29 is 22.3 Å². The first-order valence-corrected chi connectivity index (χ1v) is 7.67. The van der Waals surface area contributed by atoms with Gasteiger partial charge in [0, 0.05) is 5.69 Å². The van der Waals surface area contributed by atoms with Crippen LogP contribution in [0.25, 0.3) is 0 Å². The van der Waals surface area contributed by atoms with Crippen molar-refractivity contribution in [2.45, 2.75) is 36.1 Å². The maximum Gasteiger partial charge on any atom is 0.244 e. The van der Waals surface area contributed by atoms with Gasteiger partial charge < -0.3 is 10.8 Å². The molecule has 8 heteroatoms. The van der Waals surface area contributed by atoms with Crippen LogP contribution in [0.2, 0.25) is 0 Å². The fourth-order valence-corrected chi connectivity index (χ4v) is 4.04. The Labute approximate surface area is 115 Å². The average Bonchev–Trinajstić information content (AvgIpc) is 2.82. The SMILES string of the molecule is Nc1cc(F)c(F)c(S(=O)(=O)NC2(CO)CCCC2)c1. The van der Waals surface area contributed by atoms with Gasteiger partial charge in [-0.3, -0.25) is 0 Å². The minimum absolute atomic E-state index is 0.186. The summed E-state index contributed by atoms with van der Waals surface area (Å²) in [4.78, 5) is -0.838. The van der Waals surface area contributed by atoms with Crippen molar-refractivity contribution in [3.8, 4) is 0 Å². The summed E-state index contributed by atoms with van der Waals surface area (Å²) in [5.41, 5.74) is 4.16. The summed E-state index contributed by atoms with van der Waals surface area (Å²) >= 11 is 0. The molecule has 1 aliphatic carbocycles. The topological polar surface area (TPSA) is 92.4 Å². The Morgan fingerprint density at radius 3 is 2.45 bits per heavy atom. The molecule has 5 nitrogen and oxygen atoms in total. The van der Waals surface area contributed by atoms with Gasteiger partial charge in [0.2, 0.25) is 10.0 Å². The van der Waals surface area contributed by atoms with Crippen molar-refractivity contribution in [2.24, 2.45) is 0 Å². The Bertz CT molecular complexity index is 613. The first-order valence-electron chi connectivity index (χ1n) is 6.19. The summed E-state index contributed by atoms with van der Waals surface area (Å²) in [5, 5.41) is 9.39. The van der Waals surface area contributed by atoms with Crippen LogP contribution in [0.4, 0.5) is 14.5 Å². The minimum Gasteiger partial charge on any atom is -0.399 e. The average molecular weight is 306 g/mol. The van der Waals surface area contributed by atoms with Crippen LogP contribution in [0.3, 0.4) is 0 Å². The Balaban J connectivity index is 2.41. The van der Waals surface area contributed by atoms with Crippen LogP contribution in [0.15, 0.2) is 17.0 Å². The lowest BCUT2D eigenvalue weighted by Gasteiger charge is -2.27. The number of benzene rings is 1. The second-order valence-corrected chi connectivity index (χ2v) is 6.72. The largest absolute Gasteiger partial charge is 0.399 e. The second kappa shape index (κ2) is 5.27. The van der Waals surface area contributed by atoms with Crippen molar-refractivity contribution in [3.05, 3.63) is 23.8 Å². The molecule has 0 spiro atoms. The molecule has 1 aromatic carbocycles. The quantitative estimate of drug-likeness (QED) is 0.727. The normalized spacial score (nSPS) is 18.4. The van der Waals surface area contributed by atoms with Gasteiger partial charge in [0.05, 0.1) is 12.1 Å². The summed E-state index contributed by atoms with van der Waals surface area (Å²) in [6.45, 7) is -0.390. The molecule has 1 saturated carbocycles. The Kier molecular flexibility index (Phi) is 3.99.